The van der Waals surface area contributed by atoms with Gasteiger partial charge in [-0.1, -0.05) is 30.3 Å². The van der Waals surface area contributed by atoms with E-state index in [9.17, 15) is 5.11 Å². The number of benzene rings is 1. The second-order valence-electron chi connectivity index (χ2n) is 4.30. The lowest BCUT2D eigenvalue weighted by Crippen LogP contribution is -2.46. The fourth-order valence-corrected chi connectivity index (χ4v) is 1.46. The Bertz CT molecular complexity index is 289. The molecule has 0 amide bonds. The van der Waals surface area contributed by atoms with Gasteiger partial charge in [-0.3, -0.25) is 0 Å². The molecule has 0 aromatic heterocycles. The summed E-state index contributed by atoms with van der Waals surface area (Å²) in [7, 11) is 1.68. The van der Waals surface area contributed by atoms with Crippen LogP contribution in [0.3, 0.4) is 0 Å². The van der Waals surface area contributed by atoms with E-state index in [1.54, 1.807) is 7.11 Å². The number of nitrogens with one attached hydrogen (secondary N) is 1. The Hall–Kier alpha value is -0.900. The Labute approximate surface area is 97.4 Å². The van der Waals surface area contributed by atoms with E-state index in [0.29, 0.717) is 6.61 Å². The number of ether oxygens (including phenoxy) is 1. The molecule has 0 aliphatic carbocycles. The first-order valence-electron chi connectivity index (χ1n) is 5.59. The fraction of sp³-hybridized carbons (Fsp3) is 0.538. The van der Waals surface area contributed by atoms with Crippen molar-refractivity contribution in [2.75, 3.05) is 20.3 Å². The second-order valence-corrected chi connectivity index (χ2v) is 4.30. The lowest BCUT2D eigenvalue weighted by molar-refractivity contribution is 0.115. The van der Waals surface area contributed by atoms with Gasteiger partial charge in [0.25, 0.3) is 0 Å². The number of methoxy groups -OCH3 is 1. The lowest BCUT2D eigenvalue weighted by Gasteiger charge is -2.28. The van der Waals surface area contributed by atoms with E-state index in [4.69, 9.17) is 4.74 Å². The lowest BCUT2D eigenvalue weighted by atomic mass is 9.99. The zero-order valence-electron chi connectivity index (χ0n) is 10.1. The Balaban J connectivity index is 2.44. The number of hydrogen-bond acceptors (Lipinski definition) is 3. The Morgan fingerprint density at radius 2 is 2.00 bits per heavy atom. The molecule has 90 valence electrons. The highest BCUT2D eigenvalue weighted by molar-refractivity contribution is 5.14. The number of rotatable bonds is 7. The van der Waals surface area contributed by atoms with Crippen molar-refractivity contribution >= 4 is 0 Å². The summed E-state index contributed by atoms with van der Waals surface area (Å²) in [6.45, 7) is 3.54. The van der Waals surface area contributed by atoms with Crippen molar-refractivity contribution in [3.63, 3.8) is 0 Å². The van der Waals surface area contributed by atoms with Crippen LogP contribution in [-0.4, -0.2) is 31.0 Å². The zero-order valence-corrected chi connectivity index (χ0v) is 10.1. The first-order valence-corrected chi connectivity index (χ1v) is 5.59. The summed E-state index contributed by atoms with van der Waals surface area (Å²) >= 11 is 0. The monoisotopic (exact) mass is 223 g/mol. The summed E-state index contributed by atoms with van der Waals surface area (Å²) in [6, 6.07) is 10.2. The van der Waals surface area contributed by atoms with Gasteiger partial charge in [-0.05, 0) is 18.9 Å². The third-order valence-electron chi connectivity index (χ3n) is 2.77. The maximum atomic E-state index is 9.37. The first-order chi connectivity index (χ1) is 7.70. The molecule has 0 saturated heterocycles. The summed E-state index contributed by atoms with van der Waals surface area (Å²) in [5, 5.41) is 12.7. The molecule has 0 aliphatic rings. The summed E-state index contributed by atoms with van der Waals surface area (Å²) in [5.74, 6) is 0. The van der Waals surface area contributed by atoms with Crippen LogP contribution in [0, 0.1) is 0 Å². The molecule has 1 unspecified atom stereocenters. The van der Waals surface area contributed by atoms with Crippen molar-refractivity contribution in [3.05, 3.63) is 35.9 Å². The van der Waals surface area contributed by atoms with E-state index in [-0.39, 0.29) is 12.1 Å². The maximum Gasteiger partial charge on any atom is 0.0611 e. The molecule has 2 N–H and O–H groups in total. The highest BCUT2D eigenvalue weighted by Gasteiger charge is 2.21. The smallest absolute Gasteiger partial charge is 0.0611 e. The molecule has 0 bridgehead atoms. The molecule has 0 saturated carbocycles. The molecule has 1 aromatic carbocycles. The number of hydrogen-bond donors (Lipinski definition) is 2. The molecular weight excluding hydrogens is 202 g/mol. The van der Waals surface area contributed by atoms with Crippen LogP contribution >= 0.6 is 0 Å². The quantitative estimate of drug-likeness (QED) is 0.737. The third kappa shape index (κ3) is 4.31. The summed E-state index contributed by atoms with van der Waals surface area (Å²) < 4.78 is 5.04. The highest BCUT2D eigenvalue weighted by atomic mass is 16.5. The predicted molar refractivity (Wildman–Crippen MR) is 65.3 cm³/mol. The number of aliphatic hydroxyl groups is 1. The largest absolute Gasteiger partial charge is 0.394 e. The normalized spacial score (nSPS) is 14.7. The van der Waals surface area contributed by atoms with Gasteiger partial charge in [0, 0.05) is 25.8 Å². The molecule has 0 aliphatic heterocycles. The Kier molecular flexibility index (Phi) is 5.46. The van der Waals surface area contributed by atoms with E-state index in [1.165, 1.54) is 5.56 Å². The summed E-state index contributed by atoms with van der Waals surface area (Å²) in [5.41, 5.74) is 0.950. The standard InChI is InChI=1S/C13H21NO2/c1-13(11-15,8-9-16-2)14-10-12-6-4-3-5-7-12/h3-7,14-15H,8-11H2,1-2H3. The Morgan fingerprint density at radius 3 is 2.56 bits per heavy atom. The maximum absolute atomic E-state index is 9.37. The van der Waals surface area contributed by atoms with Gasteiger partial charge in [-0.2, -0.15) is 0 Å². The van der Waals surface area contributed by atoms with Crippen LogP contribution in [-0.2, 0) is 11.3 Å². The van der Waals surface area contributed by atoms with Gasteiger partial charge in [-0.25, -0.2) is 0 Å². The van der Waals surface area contributed by atoms with Crippen molar-refractivity contribution in [2.45, 2.75) is 25.4 Å². The van der Waals surface area contributed by atoms with Gasteiger partial charge >= 0.3 is 0 Å². The van der Waals surface area contributed by atoms with Gasteiger partial charge < -0.3 is 15.2 Å². The van der Waals surface area contributed by atoms with Crippen LogP contribution in [0.25, 0.3) is 0 Å². The topological polar surface area (TPSA) is 41.5 Å². The van der Waals surface area contributed by atoms with E-state index < -0.39 is 0 Å². The molecule has 0 radical (unpaired) electrons. The molecule has 0 heterocycles. The molecule has 1 aromatic rings. The van der Waals surface area contributed by atoms with Crippen LogP contribution in [0.1, 0.15) is 18.9 Å². The minimum absolute atomic E-state index is 0.114. The van der Waals surface area contributed by atoms with Gasteiger partial charge in [0.1, 0.15) is 0 Å². The molecule has 0 fully saturated rings. The van der Waals surface area contributed by atoms with Crippen LogP contribution in [0.4, 0.5) is 0 Å². The molecule has 1 rings (SSSR count). The molecule has 3 heteroatoms. The average molecular weight is 223 g/mol. The van der Waals surface area contributed by atoms with Gasteiger partial charge in [0.2, 0.25) is 0 Å². The van der Waals surface area contributed by atoms with Crippen molar-refractivity contribution < 1.29 is 9.84 Å². The van der Waals surface area contributed by atoms with E-state index >= 15 is 0 Å². The molecule has 16 heavy (non-hydrogen) atoms. The first kappa shape index (κ1) is 13.2. The Morgan fingerprint density at radius 1 is 1.31 bits per heavy atom. The van der Waals surface area contributed by atoms with E-state index in [1.807, 2.05) is 25.1 Å². The van der Waals surface area contributed by atoms with E-state index in [0.717, 1.165) is 13.0 Å². The van der Waals surface area contributed by atoms with Gasteiger partial charge in [0.15, 0.2) is 0 Å². The van der Waals surface area contributed by atoms with E-state index in [2.05, 4.69) is 17.4 Å². The van der Waals surface area contributed by atoms with Crippen molar-refractivity contribution in [3.8, 4) is 0 Å². The molecular formula is C13H21NO2. The van der Waals surface area contributed by atoms with Crippen LogP contribution in [0.2, 0.25) is 0 Å². The van der Waals surface area contributed by atoms with Gasteiger partial charge in [-0.15, -0.1) is 0 Å². The van der Waals surface area contributed by atoms with Crippen molar-refractivity contribution in [2.24, 2.45) is 0 Å². The minimum Gasteiger partial charge on any atom is -0.394 e. The average Bonchev–Trinajstić information content (AvgIpc) is 2.35. The third-order valence-corrected chi connectivity index (χ3v) is 2.77. The number of aliphatic hydroxyl groups excluding tert-OH is 1. The predicted octanol–water partition coefficient (Wildman–Crippen LogP) is 1.56. The molecule has 3 nitrogen and oxygen atoms in total. The second kappa shape index (κ2) is 6.63. The molecule has 0 spiro atoms. The molecule has 1 atom stereocenters. The van der Waals surface area contributed by atoms with Crippen LogP contribution in [0.5, 0.6) is 0 Å². The van der Waals surface area contributed by atoms with Crippen LogP contribution < -0.4 is 5.32 Å². The summed E-state index contributed by atoms with van der Waals surface area (Å²) in [6.07, 6.45) is 0.798. The van der Waals surface area contributed by atoms with Gasteiger partial charge in [0.05, 0.1) is 6.61 Å². The van der Waals surface area contributed by atoms with Crippen molar-refractivity contribution in [1.29, 1.82) is 0 Å². The van der Waals surface area contributed by atoms with Crippen molar-refractivity contribution in [1.82, 2.24) is 5.32 Å². The highest BCUT2D eigenvalue weighted by Crippen LogP contribution is 2.10. The minimum atomic E-state index is -0.272. The SMILES string of the molecule is COCCC(C)(CO)NCc1ccccc1. The summed E-state index contributed by atoms with van der Waals surface area (Å²) in [4.78, 5) is 0. The zero-order chi connectivity index (χ0) is 11.9. The fourth-order valence-electron chi connectivity index (χ4n) is 1.46. The van der Waals surface area contributed by atoms with Crippen LogP contribution in [0.15, 0.2) is 30.3 Å².